The molecule has 0 aliphatic heterocycles. The molecule has 0 aliphatic rings. The van der Waals surface area contributed by atoms with Gasteiger partial charge in [0.2, 0.25) is 0 Å². The summed E-state index contributed by atoms with van der Waals surface area (Å²) < 4.78 is 50.6. The highest BCUT2D eigenvalue weighted by Gasteiger charge is 2.29. The van der Waals surface area contributed by atoms with Gasteiger partial charge in [0.05, 0.1) is 10.6 Å². The quantitative estimate of drug-likeness (QED) is 0.509. The number of rotatable bonds is 3. The van der Waals surface area contributed by atoms with Gasteiger partial charge in [-0.05, 0) is 24.6 Å². The van der Waals surface area contributed by atoms with Crippen LogP contribution in [0.4, 0.5) is 13.2 Å². The van der Waals surface area contributed by atoms with E-state index in [2.05, 4.69) is 4.76 Å². The molecule has 4 nitrogen and oxygen atoms in total. The van der Waals surface area contributed by atoms with Gasteiger partial charge in [0.1, 0.15) is 0 Å². The first-order chi connectivity index (χ1) is 8.58. The minimum atomic E-state index is -4.45. The molecule has 0 saturated carbocycles. The van der Waals surface area contributed by atoms with Gasteiger partial charge < -0.3 is 9.79 Å². The maximum absolute atomic E-state index is 12.3. The van der Waals surface area contributed by atoms with Crippen LogP contribution >= 0.6 is 19.5 Å². The van der Waals surface area contributed by atoms with Gasteiger partial charge in [0.15, 0.2) is 0 Å². The zero-order valence-electron chi connectivity index (χ0n) is 9.76. The zero-order valence-corrected chi connectivity index (χ0v) is 11.5. The van der Waals surface area contributed by atoms with Crippen LogP contribution in [-0.4, -0.2) is 14.8 Å². The van der Waals surface area contributed by atoms with Crippen LogP contribution in [0, 0.1) is 0 Å². The SMILES string of the molecule is CC(=NP(=O)(O)O)SCc1ccc(C(F)(F)F)cc1. The van der Waals surface area contributed by atoms with E-state index in [4.69, 9.17) is 9.79 Å². The van der Waals surface area contributed by atoms with E-state index in [1.165, 1.54) is 19.1 Å². The van der Waals surface area contributed by atoms with E-state index >= 15 is 0 Å². The van der Waals surface area contributed by atoms with E-state index in [9.17, 15) is 17.7 Å². The number of thioether (sulfide) groups is 1. The molecule has 0 heterocycles. The number of hydrogen-bond acceptors (Lipinski definition) is 2. The fourth-order valence-corrected chi connectivity index (χ4v) is 2.67. The second kappa shape index (κ2) is 6.09. The average Bonchev–Trinajstić information content (AvgIpc) is 2.23. The van der Waals surface area contributed by atoms with Crippen molar-refractivity contribution in [2.45, 2.75) is 18.9 Å². The standard InChI is InChI=1S/C10H11F3NO3PS/c1-7(14-18(15,16)17)19-6-8-2-4-9(5-3-8)10(11,12)13/h2-5H,6H2,1H3,(H2,15,16,17). The van der Waals surface area contributed by atoms with Crippen LogP contribution in [0.1, 0.15) is 18.1 Å². The van der Waals surface area contributed by atoms with Gasteiger partial charge in [0.25, 0.3) is 0 Å². The van der Waals surface area contributed by atoms with E-state index in [-0.39, 0.29) is 10.8 Å². The summed E-state index contributed by atoms with van der Waals surface area (Å²) in [5, 5.41) is 0.174. The van der Waals surface area contributed by atoms with E-state index in [0.717, 1.165) is 23.9 Å². The highest BCUT2D eigenvalue weighted by atomic mass is 32.2. The summed E-state index contributed by atoms with van der Waals surface area (Å²) in [6, 6.07) is 4.57. The van der Waals surface area contributed by atoms with Gasteiger partial charge in [-0.25, -0.2) is 4.57 Å². The van der Waals surface area contributed by atoms with Gasteiger partial charge >= 0.3 is 13.9 Å². The summed E-state index contributed by atoms with van der Waals surface area (Å²) in [5.41, 5.74) is -0.125. The Morgan fingerprint density at radius 3 is 2.26 bits per heavy atom. The summed E-state index contributed by atoms with van der Waals surface area (Å²) in [7, 11) is -4.45. The molecule has 0 aliphatic carbocycles. The summed E-state index contributed by atoms with van der Waals surface area (Å²) >= 11 is 1.05. The van der Waals surface area contributed by atoms with Crippen LogP contribution in [0.25, 0.3) is 0 Å². The molecule has 0 saturated heterocycles. The van der Waals surface area contributed by atoms with Crippen LogP contribution < -0.4 is 0 Å². The van der Waals surface area contributed by atoms with Crippen molar-refractivity contribution in [1.82, 2.24) is 0 Å². The normalized spacial score (nSPS) is 13.7. The molecule has 0 spiro atoms. The Morgan fingerprint density at radius 1 is 1.32 bits per heavy atom. The maximum atomic E-state index is 12.3. The van der Waals surface area contributed by atoms with Crippen LogP contribution in [0.2, 0.25) is 0 Å². The van der Waals surface area contributed by atoms with E-state index in [1.807, 2.05) is 0 Å². The summed E-state index contributed by atoms with van der Waals surface area (Å²) in [6.45, 7) is 1.42. The van der Waals surface area contributed by atoms with Crippen molar-refractivity contribution in [1.29, 1.82) is 0 Å². The molecule has 0 bridgehead atoms. The molecule has 0 atom stereocenters. The minimum absolute atomic E-state index is 0.174. The van der Waals surface area contributed by atoms with Crippen LogP contribution in [0.5, 0.6) is 0 Å². The predicted molar refractivity (Wildman–Crippen MR) is 67.9 cm³/mol. The highest BCUT2D eigenvalue weighted by Crippen LogP contribution is 2.37. The van der Waals surface area contributed by atoms with Gasteiger partial charge in [-0.15, -0.1) is 11.8 Å². The Morgan fingerprint density at radius 2 is 1.84 bits per heavy atom. The second-order valence-electron chi connectivity index (χ2n) is 3.62. The third-order valence-electron chi connectivity index (χ3n) is 2.00. The lowest BCUT2D eigenvalue weighted by Gasteiger charge is -2.07. The molecule has 1 rings (SSSR count). The molecule has 19 heavy (non-hydrogen) atoms. The van der Waals surface area contributed by atoms with Crippen LogP contribution in [-0.2, 0) is 16.5 Å². The lowest BCUT2D eigenvalue weighted by Crippen LogP contribution is -2.04. The van der Waals surface area contributed by atoms with Crippen molar-refractivity contribution in [3.8, 4) is 0 Å². The van der Waals surface area contributed by atoms with Gasteiger partial charge in [-0.3, -0.25) is 0 Å². The molecular formula is C10H11F3NO3PS. The van der Waals surface area contributed by atoms with Crippen LogP contribution in [0.3, 0.4) is 0 Å². The van der Waals surface area contributed by atoms with Crippen LogP contribution in [0.15, 0.2) is 29.0 Å². The van der Waals surface area contributed by atoms with Crippen molar-refractivity contribution < 1.29 is 27.5 Å². The first kappa shape index (κ1) is 16.2. The molecule has 0 fully saturated rings. The van der Waals surface area contributed by atoms with Crippen molar-refractivity contribution in [3.05, 3.63) is 35.4 Å². The number of alkyl halides is 3. The van der Waals surface area contributed by atoms with Crippen molar-refractivity contribution >= 4 is 24.6 Å². The first-order valence-corrected chi connectivity index (χ1v) is 7.54. The molecule has 1 aromatic rings. The Kier molecular flexibility index (Phi) is 5.20. The number of nitrogens with zero attached hydrogens (tertiary/aromatic N) is 1. The second-order valence-corrected chi connectivity index (χ2v) is 6.01. The van der Waals surface area contributed by atoms with Gasteiger partial charge in [-0.2, -0.15) is 17.9 Å². The molecule has 106 valence electrons. The lowest BCUT2D eigenvalue weighted by molar-refractivity contribution is -0.137. The molecule has 0 radical (unpaired) electrons. The topological polar surface area (TPSA) is 69.9 Å². The van der Waals surface area contributed by atoms with Crippen molar-refractivity contribution in [2.75, 3.05) is 0 Å². The third-order valence-corrected chi connectivity index (χ3v) is 3.68. The molecule has 0 unspecified atom stereocenters. The fourth-order valence-electron chi connectivity index (χ4n) is 1.19. The Labute approximate surface area is 112 Å². The molecule has 0 aromatic heterocycles. The summed E-state index contributed by atoms with van der Waals surface area (Å²) in [5.74, 6) is 0.285. The predicted octanol–water partition coefficient (Wildman–Crippen LogP) is 3.45. The molecule has 0 amide bonds. The minimum Gasteiger partial charge on any atom is -0.307 e. The summed E-state index contributed by atoms with van der Waals surface area (Å²) in [6.07, 6.45) is -4.37. The zero-order chi connectivity index (χ0) is 14.7. The third kappa shape index (κ3) is 6.24. The Balaban J connectivity index is 2.65. The first-order valence-electron chi connectivity index (χ1n) is 4.99. The average molecular weight is 313 g/mol. The van der Waals surface area contributed by atoms with Gasteiger partial charge in [0, 0.05) is 5.75 Å². The largest absolute Gasteiger partial charge is 0.449 e. The summed E-state index contributed by atoms with van der Waals surface area (Å²) in [4.78, 5) is 17.2. The number of hydrogen-bond donors (Lipinski definition) is 2. The molecular weight excluding hydrogens is 302 g/mol. The number of benzene rings is 1. The van der Waals surface area contributed by atoms with E-state index < -0.39 is 19.5 Å². The smallest absolute Gasteiger partial charge is 0.307 e. The molecule has 1 aromatic carbocycles. The Hall–Kier alpha value is -0.820. The van der Waals surface area contributed by atoms with E-state index in [1.54, 1.807) is 0 Å². The van der Waals surface area contributed by atoms with Crippen molar-refractivity contribution in [2.24, 2.45) is 4.76 Å². The van der Waals surface area contributed by atoms with Crippen molar-refractivity contribution in [3.63, 3.8) is 0 Å². The lowest BCUT2D eigenvalue weighted by atomic mass is 10.1. The molecule has 9 heteroatoms. The van der Waals surface area contributed by atoms with E-state index in [0.29, 0.717) is 5.56 Å². The fraction of sp³-hybridized carbons (Fsp3) is 0.300. The number of halogens is 3. The molecule has 2 N–H and O–H groups in total. The monoisotopic (exact) mass is 313 g/mol. The maximum Gasteiger partial charge on any atom is 0.449 e. The van der Waals surface area contributed by atoms with Gasteiger partial charge in [-0.1, -0.05) is 12.1 Å². The highest BCUT2D eigenvalue weighted by molar-refractivity contribution is 8.13. The Bertz CT molecular complexity index is 510.